The van der Waals surface area contributed by atoms with Crippen LogP contribution >= 0.6 is 11.3 Å². The maximum Gasteiger partial charge on any atom is 0.229 e. The van der Waals surface area contributed by atoms with E-state index in [0.717, 1.165) is 60.0 Å². The van der Waals surface area contributed by atoms with E-state index in [1.807, 2.05) is 19.3 Å². The summed E-state index contributed by atoms with van der Waals surface area (Å²) in [5.74, 6) is 2.34. The van der Waals surface area contributed by atoms with Gasteiger partial charge in [-0.25, -0.2) is 9.97 Å². The quantitative estimate of drug-likeness (QED) is 0.763. The van der Waals surface area contributed by atoms with Crippen LogP contribution in [0.15, 0.2) is 12.4 Å². The monoisotopic (exact) mass is 438 g/mol. The molecule has 8 nitrogen and oxygen atoms in total. The number of fused-ring (bicyclic) bond motifs is 1. The van der Waals surface area contributed by atoms with Crippen LogP contribution in [0.1, 0.15) is 30.3 Å². The molecule has 5 rings (SSSR count). The number of hydrogen-bond acceptors (Lipinski definition) is 9. The van der Waals surface area contributed by atoms with Crippen LogP contribution in [0.3, 0.4) is 0 Å². The average molecular weight is 439 g/mol. The van der Waals surface area contributed by atoms with Crippen LogP contribution in [-0.2, 0) is 0 Å². The SMILES string of the molecule is Cc1ncc(Nc2ncc(C)c(N3CC(CC#N)(N4CCN5C[C@H](C)C[C@H]5C4)C3)n2)s1. The standard InChI is InChI=1S/C22H30N8S/c1-15-8-18-12-30(7-6-28(18)11-15)22(4-5-23)13-29(14-22)20-16(2)9-25-21(27-20)26-19-10-24-17(3)31-19/h9-10,15,18H,4,6-8,11-14H2,1-3H3,(H,25,26,27)/t15-,18+/m1/s1. The van der Waals surface area contributed by atoms with E-state index in [1.165, 1.54) is 13.0 Å². The number of nitrogens with one attached hydrogen (secondary N) is 1. The van der Waals surface area contributed by atoms with Crippen molar-refractivity contribution in [1.82, 2.24) is 24.8 Å². The summed E-state index contributed by atoms with van der Waals surface area (Å²) >= 11 is 1.59. The molecule has 2 aromatic rings. The molecular formula is C22H30N8S. The zero-order chi connectivity index (χ0) is 21.6. The summed E-state index contributed by atoms with van der Waals surface area (Å²) in [7, 11) is 0. The number of nitriles is 1. The molecule has 0 spiro atoms. The molecule has 164 valence electrons. The summed E-state index contributed by atoms with van der Waals surface area (Å²) in [6.45, 7) is 12.6. The Morgan fingerprint density at radius 1 is 1.23 bits per heavy atom. The molecule has 3 aliphatic rings. The second kappa shape index (κ2) is 8.01. The molecule has 0 amide bonds. The van der Waals surface area contributed by atoms with Crippen LogP contribution in [0, 0.1) is 31.1 Å². The first kappa shape index (κ1) is 20.6. The number of aryl methyl sites for hydroxylation is 2. The maximum atomic E-state index is 9.60. The summed E-state index contributed by atoms with van der Waals surface area (Å²) in [5.41, 5.74) is 0.998. The van der Waals surface area contributed by atoms with Gasteiger partial charge >= 0.3 is 0 Å². The van der Waals surface area contributed by atoms with E-state index in [-0.39, 0.29) is 5.54 Å². The molecule has 1 N–H and O–H groups in total. The lowest BCUT2D eigenvalue weighted by molar-refractivity contribution is -0.000599. The van der Waals surface area contributed by atoms with Gasteiger partial charge in [0.15, 0.2) is 0 Å². The smallest absolute Gasteiger partial charge is 0.229 e. The Morgan fingerprint density at radius 3 is 2.81 bits per heavy atom. The Balaban J connectivity index is 1.30. The summed E-state index contributed by atoms with van der Waals surface area (Å²) in [6.07, 6.45) is 5.54. The molecule has 0 aliphatic carbocycles. The molecule has 2 aromatic heterocycles. The summed E-state index contributed by atoms with van der Waals surface area (Å²) in [5, 5.41) is 14.8. The molecule has 2 atom stereocenters. The minimum atomic E-state index is -0.0631. The van der Waals surface area contributed by atoms with Crippen molar-refractivity contribution in [3.05, 3.63) is 23.0 Å². The maximum absolute atomic E-state index is 9.60. The number of hydrogen-bond donors (Lipinski definition) is 1. The third-order valence-corrected chi connectivity index (χ3v) is 7.80. The van der Waals surface area contributed by atoms with E-state index in [9.17, 15) is 5.26 Å². The molecule has 3 saturated heterocycles. The number of rotatable bonds is 5. The largest absolute Gasteiger partial charge is 0.352 e. The van der Waals surface area contributed by atoms with Crippen LogP contribution in [0.4, 0.5) is 16.8 Å². The van der Waals surface area contributed by atoms with Gasteiger partial charge in [0.05, 0.1) is 29.2 Å². The van der Waals surface area contributed by atoms with Crippen molar-refractivity contribution >= 4 is 28.1 Å². The van der Waals surface area contributed by atoms with Gasteiger partial charge in [0.2, 0.25) is 5.95 Å². The molecule has 3 fully saturated rings. The normalized spacial score (nSPS) is 25.7. The van der Waals surface area contributed by atoms with Gasteiger partial charge < -0.3 is 10.2 Å². The van der Waals surface area contributed by atoms with Crippen molar-refractivity contribution in [1.29, 1.82) is 5.26 Å². The zero-order valence-electron chi connectivity index (χ0n) is 18.5. The van der Waals surface area contributed by atoms with Crippen LogP contribution < -0.4 is 10.2 Å². The Bertz CT molecular complexity index is 992. The van der Waals surface area contributed by atoms with Crippen molar-refractivity contribution in [3.8, 4) is 6.07 Å². The van der Waals surface area contributed by atoms with Gasteiger partial charge in [-0.3, -0.25) is 9.80 Å². The lowest BCUT2D eigenvalue weighted by Crippen LogP contribution is -2.73. The van der Waals surface area contributed by atoms with E-state index in [2.05, 4.69) is 49.9 Å². The third kappa shape index (κ3) is 3.88. The second-order valence-electron chi connectivity index (χ2n) is 9.42. The van der Waals surface area contributed by atoms with Crippen molar-refractivity contribution in [2.45, 2.75) is 45.2 Å². The Kier molecular flexibility index (Phi) is 5.32. The molecule has 31 heavy (non-hydrogen) atoms. The fourth-order valence-corrected chi connectivity index (χ4v) is 6.13. The molecule has 0 unspecified atom stereocenters. The van der Waals surface area contributed by atoms with Crippen molar-refractivity contribution in [2.24, 2.45) is 5.92 Å². The van der Waals surface area contributed by atoms with Gasteiger partial charge in [-0.05, 0) is 26.2 Å². The first-order valence-corrected chi connectivity index (χ1v) is 11.9. The highest BCUT2D eigenvalue weighted by Gasteiger charge is 2.51. The third-order valence-electron chi connectivity index (χ3n) is 6.98. The number of nitrogens with zero attached hydrogens (tertiary/aromatic N) is 7. The number of piperazine rings is 1. The van der Waals surface area contributed by atoms with Gasteiger partial charge in [-0.1, -0.05) is 6.92 Å². The van der Waals surface area contributed by atoms with Crippen LogP contribution in [0.25, 0.3) is 0 Å². The fourth-order valence-electron chi connectivity index (χ4n) is 5.45. The van der Waals surface area contributed by atoms with Crippen LogP contribution in [-0.4, -0.2) is 75.6 Å². The van der Waals surface area contributed by atoms with E-state index in [0.29, 0.717) is 18.4 Å². The summed E-state index contributed by atoms with van der Waals surface area (Å²) in [6, 6.07) is 3.12. The molecule has 0 aromatic carbocycles. The van der Waals surface area contributed by atoms with Crippen molar-refractivity contribution in [3.63, 3.8) is 0 Å². The minimum absolute atomic E-state index is 0.0631. The molecule has 0 bridgehead atoms. The Morgan fingerprint density at radius 2 is 2.06 bits per heavy atom. The zero-order valence-corrected chi connectivity index (χ0v) is 19.3. The van der Waals surface area contributed by atoms with E-state index in [1.54, 1.807) is 11.3 Å². The van der Waals surface area contributed by atoms with Crippen LogP contribution in [0.2, 0.25) is 0 Å². The van der Waals surface area contributed by atoms with Crippen LogP contribution in [0.5, 0.6) is 0 Å². The van der Waals surface area contributed by atoms with E-state index in [4.69, 9.17) is 4.98 Å². The number of thiazole rings is 1. The highest BCUT2D eigenvalue weighted by atomic mass is 32.1. The first-order valence-electron chi connectivity index (χ1n) is 11.1. The van der Waals surface area contributed by atoms with Gasteiger partial charge in [0.1, 0.15) is 10.8 Å². The van der Waals surface area contributed by atoms with Gasteiger partial charge in [0.25, 0.3) is 0 Å². The topological polar surface area (TPSA) is 84.2 Å². The molecule has 0 saturated carbocycles. The molecule has 9 heteroatoms. The lowest BCUT2D eigenvalue weighted by Gasteiger charge is -2.58. The second-order valence-corrected chi connectivity index (χ2v) is 10.7. The average Bonchev–Trinajstić information content (AvgIpc) is 3.29. The minimum Gasteiger partial charge on any atom is -0.352 e. The summed E-state index contributed by atoms with van der Waals surface area (Å²) < 4.78 is 0. The van der Waals surface area contributed by atoms with Crippen molar-refractivity contribution < 1.29 is 0 Å². The fraction of sp³-hybridized carbons (Fsp3) is 0.636. The first-order chi connectivity index (χ1) is 15.0. The summed E-state index contributed by atoms with van der Waals surface area (Å²) in [4.78, 5) is 21.1. The predicted molar refractivity (Wildman–Crippen MR) is 123 cm³/mol. The molecule has 5 heterocycles. The number of anilines is 3. The van der Waals surface area contributed by atoms with E-state index >= 15 is 0 Å². The molecule has 0 radical (unpaired) electrons. The van der Waals surface area contributed by atoms with Gasteiger partial charge in [-0.2, -0.15) is 10.2 Å². The van der Waals surface area contributed by atoms with Gasteiger partial charge in [-0.15, -0.1) is 11.3 Å². The molecule has 3 aliphatic heterocycles. The highest BCUT2D eigenvalue weighted by Crippen LogP contribution is 2.38. The Labute approximate surface area is 187 Å². The van der Waals surface area contributed by atoms with Crippen molar-refractivity contribution in [2.75, 3.05) is 49.5 Å². The van der Waals surface area contributed by atoms with E-state index < -0.39 is 0 Å². The Hall–Kier alpha value is -2.28. The van der Waals surface area contributed by atoms with Gasteiger partial charge in [0, 0.05) is 57.1 Å². The highest BCUT2D eigenvalue weighted by molar-refractivity contribution is 7.15. The lowest BCUT2D eigenvalue weighted by atomic mass is 9.83. The number of aromatic nitrogens is 3. The molecular weight excluding hydrogens is 408 g/mol. The predicted octanol–water partition coefficient (Wildman–Crippen LogP) is 2.79.